The van der Waals surface area contributed by atoms with Crippen molar-refractivity contribution >= 4 is 28.5 Å². The second-order valence-corrected chi connectivity index (χ2v) is 9.12. The van der Waals surface area contributed by atoms with Crippen molar-refractivity contribution in [3.05, 3.63) is 65.2 Å². The summed E-state index contributed by atoms with van der Waals surface area (Å²) < 4.78 is 6.04. The van der Waals surface area contributed by atoms with Gasteiger partial charge in [0, 0.05) is 17.9 Å². The van der Waals surface area contributed by atoms with Crippen molar-refractivity contribution in [3.63, 3.8) is 0 Å². The molecule has 2 aromatic rings. The molecule has 2 heterocycles. The summed E-state index contributed by atoms with van der Waals surface area (Å²) in [6.07, 6.45) is 0.661. The summed E-state index contributed by atoms with van der Waals surface area (Å²) in [5.74, 6) is -0.361. The number of carbonyl (C=O) groups is 1. The highest BCUT2D eigenvalue weighted by Gasteiger charge is 2.28. The minimum atomic E-state index is -0.850. The molecule has 1 N–H and O–H groups in total. The molecule has 0 bridgehead atoms. The monoisotopic (exact) mass is 438 g/mol. The Labute approximate surface area is 186 Å². The molecule has 0 saturated carbocycles. The van der Waals surface area contributed by atoms with Crippen LogP contribution in [0.5, 0.6) is 5.75 Å². The second kappa shape index (κ2) is 9.56. The van der Waals surface area contributed by atoms with Gasteiger partial charge in [0.15, 0.2) is 0 Å². The Balaban J connectivity index is 1.36. The number of hydrogen-bond acceptors (Lipinski definition) is 6. The number of ether oxygens (including phenoxy) is 1. The van der Waals surface area contributed by atoms with Gasteiger partial charge in [-0.05, 0) is 31.5 Å². The summed E-state index contributed by atoms with van der Waals surface area (Å²) in [6, 6.07) is 16.3. The van der Waals surface area contributed by atoms with Crippen LogP contribution in [0.4, 0.5) is 0 Å². The van der Waals surface area contributed by atoms with Crippen LogP contribution in [0.1, 0.15) is 42.4 Å². The number of aryl methyl sites for hydroxylation is 1. The van der Waals surface area contributed by atoms with E-state index in [1.165, 1.54) is 5.56 Å². The molecule has 2 unspecified atom stereocenters. The third-order valence-corrected chi connectivity index (χ3v) is 6.93. The Kier molecular flexibility index (Phi) is 6.61. The van der Waals surface area contributed by atoms with E-state index in [0.717, 1.165) is 27.6 Å². The van der Waals surface area contributed by atoms with Gasteiger partial charge in [-0.2, -0.15) is 0 Å². The molecule has 2 aliphatic rings. The average Bonchev–Trinajstić information content (AvgIpc) is 3.41. The first-order valence-electron chi connectivity index (χ1n) is 10.4. The SMILES string of the molecule is Cc1ccc(C2=NC(C)C(COc3ccc([C@H](CC(=O)O)C4=NOCC4)cc3)S2)cc1. The first kappa shape index (κ1) is 21.4. The molecule has 3 atom stereocenters. The average molecular weight is 439 g/mol. The summed E-state index contributed by atoms with van der Waals surface area (Å²) in [6.45, 7) is 5.27. The van der Waals surface area contributed by atoms with Crippen LogP contribution in [0, 0.1) is 6.92 Å². The molecule has 0 radical (unpaired) electrons. The zero-order chi connectivity index (χ0) is 21.8. The minimum Gasteiger partial charge on any atom is -0.492 e. The molecule has 31 heavy (non-hydrogen) atoms. The predicted molar refractivity (Wildman–Crippen MR) is 123 cm³/mol. The first-order valence-corrected chi connectivity index (χ1v) is 11.3. The maximum absolute atomic E-state index is 11.3. The minimum absolute atomic E-state index is 0.00223. The molecule has 0 amide bonds. The largest absolute Gasteiger partial charge is 0.492 e. The second-order valence-electron chi connectivity index (χ2n) is 7.89. The van der Waals surface area contributed by atoms with Gasteiger partial charge in [0.05, 0.1) is 28.5 Å². The van der Waals surface area contributed by atoms with E-state index in [2.05, 4.69) is 43.3 Å². The standard InChI is InChI=1S/C24H26N2O4S/c1-15-3-5-18(6-4-15)24-25-16(2)22(31-24)14-29-19-9-7-17(8-10-19)20(13-23(27)28)21-11-12-30-26-21/h3-10,16,20,22H,11-14H2,1-2H3,(H,27,28)/t16?,20-,22?/m0/s1. The van der Waals surface area contributed by atoms with Crippen molar-refractivity contribution in [3.8, 4) is 5.75 Å². The molecular formula is C24H26N2O4S. The van der Waals surface area contributed by atoms with Crippen LogP contribution in [0.25, 0.3) is 0 Å². The molecule has 4 rings (SSSR count). The molecule has 0 saturated heterocycles. The number of aliphatic imine (C=N–C) groups is 1. The molecule has 0 aromatic heterocycles. The van der Waals surface area contributed by atoms with Gasteiger partial charge in [-0.1, -0.05) is 58.9 Å². The summed E-state index contributed by atoms with van der Waals surface area (Å²) >= 11 is 1.76. The van der Waals surface area contributed by atoms with Gasteiger partial charge in [0.1, 0.15) is 19.0 Å². The summed E-state index contributed by atoms with van der Waals surface area (Å²) in [4.78, 5) is 21.2. The van der Waals surface area contributed by atoms with Crippen LogP contribution in [-0.2, 0) is 9.63 Å². The van der Waals surface area contributed by atoms with E-state index in [4.69, 9.17) is 14.6 Å². The van der Waals surface area contributed by atoms with Crippen molar-refractivity contribution in [2.24, 2.45) is 10.1 Å². The Bertz CT molecular complexity index is 986. The van der Waals surface area contributed by atoms with E-state index in [9.17, 15) is 9.90 Å². The zero-order valence-corrected chi connectivity index (χ0v) is 18.5. The van der Waals surface area contributed by atoms with E-state index in [0.29, 0.717) is 19.6 Å². The number of rotatable bonds is 8. The lowest BCUT2D eigenvalue weighted by Gasteiger charge is -2.17. The van der Waals surface area contributed by atoms with Crippen molar-refractivity contribution < 1.29 is 19.5 Å². The summed E-state index contributed by atoms with van der Waals surface area (Å²) in [5.41, 5.74) is 4.08. The van der Waals surface area contributed by atoms with Gasteiger partial charge in [0.25, 0.3) is 0 Å². The third kappa shape index (κ3) is 5.28. The Morgan fingerprint density at radius 2 is 1.97 bits per heavy atom. The normalized spacial score (nSPS) is 21.2. The van der Waals surface area contributed by atoms with Crippen molar-refractivity contribution in [1.29, 1.82) is 0 Å². The van der Waals surface area contributed by atoms with Crippen molar-refractivity contribution in [2.45, 2.75) is 43.9 Å². The maximum atomic E-state index is 11.3. The van der Waals surface area contributed by atoms with Crippen molar-refractivity contribution in [2.75, 3.05) is 13.2 Å². The van der Waals surface area contributed by atoms with Gasteiger partial charge in [-0.25, -0.2) is 0 Å². The van der Waals surface area contributed by atoms with Gasteiger partial charge in [-0.15, -0.1) is 0 Å². The van der Waals surface area contributed by atoms with Crippen molar-refractivity contribution in [1.82, 2.24) is 0 Å². The molecule has 2 aliphatic heterocycles. The van der Waals surface area contributed by atoms with Crippen LogP contribution in [0.15, 0.2) is 58.7 Å². The highest BCUT2D eigenvalue weighted by molar-refractivity contribution is 8.15. The molecule has 0 fully saturated rings. The van der Waals surface area contributed by atoms with E-state index in [-0.39, 0.29) is 23.6 Å². The molecule has 2 aromatic carbocycles. The number of carboxylic acids is 1. The number of benzene rings is 2. The molecule has 7 heteroatoms. The van der Waals surface area contributed by atoms with E-state index < -0.39 is 5.97 Å². The Hall–Kier alpha value is -2.80. The van der Waals surface area contributed by atoms with E-state index in [1.54, 1.807) is 11.8 Å². The van der Waals surface area contributed by atoms with Crippen LogP contribution >= 0.6 is 11.8 Å². The summed E-state index contributed by atoms with van der Waals surface area (Å²) in [5, 5.41) is 14.6. The fraction of sp³-hybridized carbons (Fsp3) is 0.375. The highest BCUT2D eigenvalue weighted by atomic mass is 32.2. The Morgan fingerprint density at radius 3 is 2.61 bits per heavy atom. The number of nitrogens with zero attached hydrogens (tertiary/aromatic N) is 2. The molecule has 6 nitrogen and oxygen atoms in total. The lowest BCUT2D eigenvalue weighted by molar-refractivity contribution is -0.137. The molecule has 0 spiro atoms. The maximum Gasteiger partial charge on any atom is 0.304 e. The number of aliphatic carboxylic acids is 1. The van der Waals surface area contributed by atoms with Gasteiger partial charge in [0.2, 0.25) is 0 Å². The quantitative estimate of drug-likeness (QED) is 0.648. The van der Waals surface area contributed by atoms with Crippen LogP contribution in [0.2, 0.25) is 0 Å². The van der Waals surface area contributed by atoms with E-state index >= 15 is 0 Å². The van der Waals surface area contributed by atoms with Gasteiger partial charge < -0.3 is 14.7 Å². The number of carboxylic acid groups (broad SMARTS) is 1. The molecular weight excluding hydrogens is 412 g/mol. The smallest absolute Gasteiger partial charge is 0.304 e. The molecule has 162 valence electrons. The van der Waals surface area contributed by atoms with Gasteiger partial charge >= 0.3 is 5.97 Å². The molecule has 0 aliphatic carbocycles. The number of oxime groups is 1. The Morgan fingerprint density at radius 1 is 1.23 bits per heavy atom. The fourth-order valence-electron chi connectivity index (χ4n) is 3.69. The number of thioether (sulfide) groups is 1. The first-order chi connectivity index (χ1) is 15.0. The lowest BCUT2D eigenvalue weighted by atomic mass is 9.89. The lowest BCUT2D eigenvalue weighted by Crippen LogP contribution is -2.22. The summed E-state index contributed by atoms with van der Waals surface area (Å²) in [7, 11) is 0. The van der Waals surface area contributed by atoms with Crippen LogP contribution in [-0.4, -0.2) is 46.3 Å². The fourth-order valence-corrected chi connectivity index (χ4v) is 4.87. The van der Waals surface area contributed by atoms with Crippen LogP contribution < -0.4 is 4.74 Å². The number of hydrogen-bond donors (Lipinski definition) is 1. The third-order valence-electron chi connectivity index (χ3n) is 5.53. The van der Waals surface area contributed by atoms with Gasteiger partial charge in [-0.3, -0.25) is 9.79 Å². The predicted octanol–water partition coefficient (Wildman–Crippen LogP) is 4.66. The topological polar surface area (TPSA) is 80.5 Å². The van der Waals surface area contributed by atoms with Crippen LogP contribution in [0.3, 0.4) is 0 Å². The zero-order valence-electron chi connectivity index (χ0n) is 17.7. The van der Waals surface area contributed by atoms with E-state index in [1.807, 2.05) is 24.3 Å². The highest BCUT2D eigenvalue weighted by Crippen LogP contribution is 2.32.